The molecule has 0 saturated heterocycles. The first kappa shape index (κ1) is 14.4. The number of likely N-dealkylation sites (N-methyl/N-ethyl adjacent to an activating group) is 1. The molecule has 4 heteroatoms. The zero-order valence-electron chi connectivity index (χ0n) is 11.3. The van der Waals surface area contributed by atoms with Gasteiger partial charge in [0.15, 0.2) is 0 Å². The molecule has 102 valence electrons. The molecular weight excluding hydrogens is 276 g/mol. The third kappa shape index (κ3) is 3.30. The van der Waals surface area contributed by atoms with Gasteiger partial charge in [0.05, 0.1) is 10.4 Å². The van der Waals surface area contributed by atoms with Crippen molar-refractivity contribution in [2.24, 2.45) is 5.73 Å². The van der Waals surface area contributed by atoms with E-state index < -0.39 is 0 Å². The highest BCUT2D eigenvalue weighted by atomic mass is 35.5. The molecule has 0 spiro atoms. The van der Waals surface area contributed by atoms with Crippen molar-refractivity contribution < 1.29 is 0 Å². The van der Waals surface area contributed by atoms with Crippen LogP contribution in [0.25, 0.3) is 0 Å². The van der Waals surface area contributed by atoms with E-state index in [4.69, 9.17) is 17.3 Å². The average Bonchev–Trinajstić information content (AvgIpc) is 2.82. The van der Waals surface area contributed by atoms with Crippen molar-refractivity contribution in [1.82, 2.24) is 0 Å². The van der Waals surface area contributed by atoms with E-state index in [9.17, 15) is 0 Å². The van der Waals surface area contributed by atoms with Crippen LogP contribution in [-0.2, 0) is 0 Å². The Kier molecular flexibility index (Phi) is 4.86. The molecule has 1 aromatic heterocycles. The Balaban J connectivity index is 2.33. The van der Waals surface area contributed by atoms with Gasteiger partial charge in [0, 0.05) is 23.7 Å². The van der Waals surface area contributed by atoms with Crippen LogP contribution in [0.1, 0.15) is 23.4 Å². The molecule has 1 atom stereocenters. The topological polar surface area (TPSA) is 29.3 Å². The van der Waals surface area contributed by atoms with Gasteiger partial charge >= 0.3 is 0 Å². The van der Waals surface area contributed by atoms with Crippen LogP contribution in [0.15, 0.2) is 36.4 Å². The fraction of sp³-hybridized carbons (Fsp3) is 0.333. The number of nitrogens with zero attached hydrogens (tertiary/aromatic N) is 1. The van der Waals surface area contributed by atoms with Gasteiger partial charge in [-0.05, 0) is 43.7 Å². The number of aryl methyl sites for hydroxylation is 1. The van der Waals surface area contributed by atoms with E-state index in [0.717, 1.165) is 10.9 Å². The Labute approximate surface area is 123 Å². The SMILES string of the molecule is CCN(c1cccc(C)c1)C(CN)c1ccc(Cl)s1. The van der Waals surface area contributed by atoms with Crippen LogP contribution < -0.4 is 10.6 Å². The number of hydrogen-bond donors (Lipinski definition) is 1. The average molecular weight is 295 g/mol. The van der Waals surface area contributed by atoms with E-state index in [1.165, 1.54) is 16.1 Å². The maximum atomic E-state index is 6.04. The standard InChI is InChI=1S/C15H19ClN2S/c1-3-18(12-6-4-5-11(2)9-12)13(10-17)14-7-8-15(16)19-14/h4-9,13H,3,10,17H2,1-2H3. The highest BCUT2D eigenvalue weighted by molar-refractivity contribution is 7.16. The van der Waals surface area contributed by atoms with Crippen LogP contribution in [0.5, 0.6) is 0 Å². The number of nitrogens with two attached hydrogens (primary N) is 1. The highest BCUT2D eigenvalue weighted by Gasteiger charge is 2.20. The molecule has 0 saturated carbocycles. The highest BCUT2D eigenvalue weighted by Crippen LogP contribution is 2.33. The van der Waals surface area contributed by atoms with E-state index in [2.05, 4.69) is 49.1 Å². The lowest BCUT2D eigenvalue weighted by Crippen LogP contribution is -2.33. The second-order valence-electron chi connectivity index (χ2n) is 4.52. The lowest BCUT2D eigenvalue weighted by Gasteiger charge is -2.31. The predicted molar refractivity (Wildman–Crippen MR) is 85.3 cm³/mol. The molecular formula is C15H19ClN2S. The van der Waals surface area contributed by atoms with Gasteiger partial charge in [0.1, 0.15) is 0 Å². The normalized spacial score (nSPS) is 12.4. The molecule has 0 radical (unpaired) electrons. The third-order valence-corrected chi connectivity index (χ3v) is 4.53. The van der Waals surface area contributed by atoms with Crippen LogP contribution in [0.3, 0.4) is 0 Å². The molecule has 2 N–H and O–H groups in total. The van der Waals surface area contributed by atoms with Crippen molar-refractivity contribution in [3.8, 4) is 0 Å². The summed E-state index contributed by atoms with van der Waals surface area (Å²) in [6.07, 6.45) is 0. The molecule has 19 heavy (non-hydrogen) atoms. The summed E-state index contributed by atoms with van der Waals surface area (Å²) in [5, 5.41) is 0. The number of anilines is 1. The Bertz CT molecular complexity index is 538. The molecule has 0 bridgehead atoms. The van der Waals surface area contributed by atoms with Gasteiger partial charge in [-0.15, -0.1) is 11.3 Å². The summed E-state index contributed by atoms with van der Waals surface area (Å²) in [6.45, 7) is 5.76. The first-order valence-corrected chi connectivity index (χ1v) is 7.63. The van der Waals surface area contributed by atoms with Crippen molar-refractivity contribution in [3.63, 3.8) is 0 Å². The maximum absolute atomic E-state index is 6.04. The summed E-state index contributed by atoms with van der Waals surface area (Å²) in [7, 11) is 0. The van der Waals surface area contributed by atoms with E-state index in [1.807, 2.05) is 6.07 Å². The summed E-state index contributed by atoms with van der Waals surface area (Å²) in [5.74, 6) is 0. The maximum Gasteiger partial charge on any atom is 0.0932 e. The number of benzene rings is 1. The smallest absolute Gasteiger partial charge is 0.0932 e. The van der Waals surface area contributed by atoms with Gasteiger partial charge < -0.3 is 10.6 Å². The second-order valence-corrected chi connectivity index (χ2v) is 6.27. The third-order valence-electron chi connectivity index (χ3n) is 3.20. The first-order valence-electron chi connectivity index (χ1n) is 6.44. The van der Waals surface area contributed by atoms with Crippen molar-refractivity contribution in [2.75, 3.05) is 18.0 Å². The zero-order valence-corrected chi connectivity index (χ0v) is 12.8. The van der Waals surface area contributed by atoms with E-state index in [0.29, 0.717) is 6.54 Å². The molecule has 0 fully saturated rings. The summed E-state index contributed by atoms with van der Waals surface area (Å²) < 4.78 is 0.814. The predicted octanol–water partition coefficient (Wildman–Crippen LogP) is 4.24. The lowest BCUT2D eigenvalue weighted by molar-refractivity contribution is 0.653. The number of halogens is 1. The summed E-state index contributed by atoms with van der Waals surface area (Å²) >= 11 is 7.65. The molecule has 2 nitrogen and oxygen atoms in total. The van der Waals surface area contributed by atoms with Gasteiger partial charge in [-0.3, -0.25) is 0 Å². The van der Waals surface area contributed by atoms with Crippen molar-refractivity contribution in [1.29, 1.82) is 0 Å². The molecule has 1 heterocycles. The minimum atomic E-state index is 0.185. The van der Waals surface area contributed by atoms with Crippen LogP contribution >= 0.6 is 22.9 Å². The van der Waals surface area contributed by atoms with Crippen molar-refractivity contribution in [2.45, 2.75) is 19.9 Å². The van der Waals surface area contributed by atoms with Gasteiger partial charge in [-0.1, -0.05) is 23.7 Å². The fourth-order valence-electron chi connectivity index (χ4n) is 2.29. The molecule has 0 aliphatic heterocycles. The van der Waals surface area contributed by atoms with Crippen LogP contribution in [-0.4, -0.2) is 13.1 Å². The Morgan fingerprint density at radius 3 is 2.63 bits per heavy atom. The Morgan fingerprint density at radius 1 is 1.32 bits per heavy atom. The summed E-state index contributed by atoms with van der Waals surface area (Å²) in [4.78, 5) is 3.55. The van der Waals surface area contributed by atoms with E-state index in [-0.39, 0.29) is 6.04 Å². The molecule has 0 aliphatic rings. The molecule has 2 aromatic rings. The summed E-state index contributed by atoms with van der Waals surface area (Å²) in [5.41, 5.74) is 8.46. The van der Waals surface area contributed by atoms with Gasteiger partial charge in [-0.25, -0.2) is 0 Å². The van der Waals surface area contributed by atoms with Gasteiger partial charge in [0.25, 0.3) is 0 Å². The van der Waals surface area contributed by atoms with Crippen LogP contribution in [0, 0.1) is 6.92 Å². The minimum Gasteiger partial charge on any atom is -0.363 e. The quantitative estimate of drug-likeness (QED) is 0.894. The molecule has 2 rings (SSSR count). The lowest BCUT2D eigenvalue weighted by atomic mass is 10.1. The largest absolute Gasteiger partial charge is 0.363 e. The fourth-order valence-corrected chi connectivity index (χ4v) is 3.48. The van der Waals surface area contributed by atoms with E-state index >= 15 is 0 Å². The van der Waals surface area contributed by atoms with Crippen LogP contribution in [0.2, 0.25) is 4.34 Å². The number of rotatable bonds is 5. The summed E-state index contributed by atoms with van der Waals surface area (Å²) in [6, 6.07) is 12.7. The molecule has 0 aliphatic carbocycles. The van der Waals surface area contributed by atoms with E-state index in [1.54, 1.807) is 11.3 Å². The van der Waals surface area contributed by atoms with Gasteiger partial charge in [0.2, 0.25) is 0 Å². The molecule has 0 amide bonds. The van der Waals surface area contributed by atoms with Crippen molar-refractivity contribution >= 4 is 28.6 Å². The second kappa shape index (κ2) is 6.42. The number of thiophene rings is 1. The Hall–Kier alpha value is -1.03. The Morgan fingerprint density at radius 2 is 2.11 bits per heavy atom. The molecule has 1 unspecified atom stereocenters. The van der Waals surface area contributed by atoms with Crippen LogP contribution in [0.4, 0.5) is 5.69 Å². The zero-order chi connectivity index (χ0) is 13.8. The number of hydrogen-bond acceptors (Lipinski definition) is 3. The minimum absolute atomic E-state index is 0.185. The monoisotopic (exact) mass is 294 g/mol. The first-order chi connectivity index (χ1) is 9.15. The van der Waals surface area contributed by atoms with Crippen molar-refractivity contribution in [3.05, 3.63) is 51.2 Å². The van der Waals surface area contributed by atoms with Gasteiger partial charge in [-0.2, -0.15) is 0 Å². The molecule has 1 aromatic carbocycles.